The molecular weight excluding hydrogens is 230 g/mol. The lowest BCUT2D eigenvalue weighted by atomic mass is 9.93. The number of ether oxygens (including phenoxy) is 2. The van der Waals surface area contributed by atoms with Crippen LogP contribution in [-0.2, 0) is 6.54 Å². The number of nitrogens with one attached hydrogen (secondary N) is 1. The Morgan fingerprint density at radius 1 is 1.22 bits per heavy atom. The predicted molar refractivity (Wildman–Crippen MR) is 69.8 cm³/mol. The van der Waals surface area contributed by atoms with E-state index in [4.69, 9.17) is 9.47 Å². The van der Waals surface area contributed by atoms with Crippen molar-refractivity contribution in [3.8, 4) is 11.5 Å². The Hall–Kier alpha value is -1.26. The minimum absolute atomic E-state index is 0.157. The molecule has 1 aliphatic heterocycles. The molecule has 4 nitrogen and oxygen atoms in total. The van der Waals surface area contributed by atoms with Gasteiger partial charge in [-0.1, -0.05) is 19.9 Å². The fourth-order valence-electron chi connectivity index (χ4n) is 2.12. The quantitative estimate of drug-likeness (QED) is 0.812. The molecule has 4 heteroatoms. The minimum Gasteiger partial charge on any atom is -0.454 e. The summed E-state index contributed by atoms with van der Waals surface area (Å²) in [6.07, 6.45) is 1.81. The summed E-state index contributed by atoms with van der Waals surface area (Å²) >= 11 is 0. The SMILES string of the molecule is CCC(CC)(CO)NCc1ccc2c(c1)OCO2. The lowest BCUT2D eigenvalue weighted by Crippen LogP contribution is -2.47. The lowest BCUT2D eigenvalue weighted by Gasteiger charge is -2.31. The number of rotatable bonds is 6. The van der Waals surface area contributed by atoms with Crippen LogP contribution in [0.15, 0.2) is 18.2 Å². The smallest absolute Gasteiger partial charge is 0.231 e. The second-order valence-corrected chi connectivity index (χ2v) is 4.69. The zero-order valence-electron chi connectivity index (χ0n) is 11.0. The van der Waals surface area contributed by atoms with E-state index in [2.05, 4.69) is 19.2 Å². The Morgan fingerprint density at radius 2 is 1.94 bits per heavy atom. The van der Waals surface area contributed by atoms with Crippen LogP contribution in [-0.4, -0.2) is 24.0 Å². The highest BCUT2D eigenvalue weighted by atomic mass is 16.7. The van der Waals surface area contributed by atoms with Crippen molar-refractivity contribution in [3.63, 3.8) is 0 Å². The fraction of sp³-hybridized carbons (Fsp3) is 0.571. The topological polar surface area (TPSA) is 50.7 Å². The van der Waals surface area contributed by atoms with Gasteiger partial charge in [0, 0.05) is 12.1 Å². The molecule has 0 aliphatic carbocycles. The summed E-state index contributed by atoms with van der Waals surface area (Å²) in [6.45, 7) is 5.36. The standard InChI is InChI=1S/C14H21NO3/c1-3-14(4-2,9-16)15-8-11-5-6-12-13(7-11)18-10-17-12/h5-7,15-16H,3-4,8-10H2,1-2H3. The summed E-state index contributed by atoms with van der Waals surface area (Å²) in [4.78, 5) is 0. The van der Waals surface area contributed by atoms with Crippen molar-refractivity contribution >= 4 is 0 Å². The Kier molecular flexibility index (Phi) is 4.09. The molecule has 0 aromatic heterocycles. The molecule has 18 heavy (non-hydrogen) atoms. The molecule has 0 radical (unpaired) electrons. The first-order valence-electron chi connectivity index (χ1n) is 6.47. The lowest BCUT2D eigenvalue weighted by molar-refractivity contribution is 0.149. The van der Waals surface area contributed by atoms with Gasteiger partial charge < -0.3 is 19.9 Å². The molecular formula is C14H21NO3. The van der Waals surface area contributed by atoms with Gasteiger partial charge >= 0.3 is 0 Å². The van der Waals surface area contributed by atoms with E-state index in [9.17, 15) is 5.11 Å². The van der Waals surface area contributed by atoms with Crippen molar-refractivity contribution < 1.29 is 14.6 Å². The van der Waals surface area contributed by atoms with E-state index in [0.29, 0.717) is 6.79 Å². The van der Waals surface area contributed by atoms with E-state index in [0.717, 1.165) is 36.4 Å². The molecule has 0 spiro atoms. The van der Waals surface area contributed by atoms with Crippen molar-refractivity contribution in [1.82, 2.24) is 5.32 Å². The number of aliphatic hydroxyl groups is 1. The van der Waals surface area contributed by atoms with Gasteiger partial charge in [-0.05, 0) is 30.5 Å². The molecule has 0 bridgehead atoms. The molecule has 100 valence electrons. The predicted octanol–water partition coefficient (Wildman–Crippen LogP) is 2.06. The highest BCUT2D eigenvalue weighted by Gasteiger charge is 2.24. The molecule has 0 unspecified atom stereocenters. The monoisotopic (exact) mass is 251 g/mol. The summed E-state index contributed by atoms with van der Waals surface area (Å²) in [7, 11) is 0. The number of hydrogen-bond donors (Lipinski definition) is 2. The fourth-order valence-corrected chi connectivity index (χ4v) is 2.12. The summed E-state index contributed by atoms with van der Waals surface area (Å²) in [5, 5.41) is 12.9. The Labute approximate surface area is 108 Å². The second-order valence-electron chi connectivity index (χ2n) is 4.69. The molecule has 1 heterocycles. The number of benzene rings is 1. The van der Waals surface area contributed by atoms with E-state index in [-0.39, 0.29) is 12.1 Å². The summed E-state index contributed by atoms with van der Waals surface area (Å²) in [6, 6.07) is 5.94. The van der Waals surface area contributed by atoms with Crippen LogP contribution >= 0.6 is 0 Å². The van der Waals surface area contributed by atoms with Gasteiger partial charge in [-0.2, -0.15) is 0 Å². The van der Waals surface area contributed by atoms with Gasteiger partial charge in [0.15, 0.2) is 11.5 Å². The zero-order valence-corrected chi connectivity index (χ0v) is 11.0. The van der Waals surface area contributed by atoms with Crippen LogP contribution in [0, 0.1) is 0 Å². The van der Waals surface area contributed by atoms with Gasteiger partial charge in [0.25, 0.3) is 0 Å². The van der Waals surface area contributed by atoms with Crippen LogP contribution < -0.4 is 14.8 Å². The van der Waals surface area contributed by atoms with Gasteiger partial charge in [-0.25, -0.2) is 0 Å². The largest absolute Gasteiger partial charge is 0.454 e. The van der Waals surface area contributed by atoms with Gasteiger partial charge in [0.05, 0.1) is 6.61 Å². The van der Waals surface area contributed by atoms with Gasteiger partial charge in [0.2, 0.25) is 6.79 Å². The second kappa shape index (κ2) is 5.59. The third-order valence-electron chi connectivity index (χ3n) is 3.76. The molecule has 0 fully saturated rings. The Balaban J connectivity index is 2.01. The van der Waals surface area contributed by atoms with E-state index in [1.807, 2.05) is 18.2 Å². The zero-order chi connectivity index (χ0) is 13.0. The Morgan fingerprint density at radius 3 is 2.61 bits per heavy atom. The number of fused-ring (bicyclic) bond motifs is 1. The number of aliphatic hydroxyl groups excluding tert-OH is 1. The van der Waals surface area contributed by atoms with Gasteiger partial charge in [-0.3, -0.25) is 0 Å². The third-order valence-corrected chi connectivity index (χ3v) is 3.76. The van der Waals surface area contributed by atoms with E-state index < -0.39 is 0 Å². The Bertz CT molecular complexity index is 394. The first-order valence-corrected chi connectivity index (χ1v) is 6.47. The van der Waals surface area contributed by atoms with E-state index in [1.54, 1.807) is 0 Å². The normalized spacial score (nSPS) is 13.9. The summed E-state index contributed by atoms with van der Waals surface area (Å²) in [5.41, 5.74) is 0.954. The van der Waals surface area contributed by atoms with E-state index >= 15 is 0 Å². The maximum Gasteiger partial charge on any atom is 0.231 e. The van der Waals surface area contributed by atoms with Crippen molar-refractivity contribution in [3.05, 3.63) is 23.8 Å². The highest BCUT2D eigenvalue weighted by molar-refractivity contribution is 5.44. The van der Waals surface area contributed by atoms with Crippen molar-refractivity contribution in [2.75, 3.05) is 13.4 Å². The van der Waals surface area contributed by atoms with Crippen molar-refractivity contribution in [1.29, 1.82) is 0 Å². The average Bonchev–Trinajstić information content (AvgIpc) is 2.88. The molecule has 1 aliphatic rings. The molecule has 0 saturated carbocycles. The molecule has 2 rings (SSSR count). The van der Waals surface area contributed by atoms with Crippen LogP contribution in [0.1, 0.15) is 32.3 Å². The van der Waals surface area contributed by atoms with Crippen LogP contribution in [0.3, 0.4) is 0 Å². The third kappa shape index (κ3) is 2.60. The molecule has 0 saturated heterocycles. The van der Waals surface area contributed by atoms with Crippen LogP contribution in [0.4, 0.5) is 0 Å². The van der Waals surface area contributed by atoms with Crippen LogP contribution in [0.25, 0.3) is 0 Å². The first-order chi connectivity index (χ1) is 8.73. The molecule has 2 N–H and O–H groups in total. The molecule has 1 aromatic rings. The van der Waals surface area contributed by atoms with Crippen molar-refractivity contribution in [2.45, 2.75) is 38.8 Å². The summed E-state index contributed by atoms with van der Waals surface area (Å²) < 4.78 is 10.6. The van der Waals surface area contributed by atoms with Crippen LogP contribution in [0.2, 0.25) is 0 Å². The molecule has 0 amide bonds. The van der Waals surface area contributed by atoms with Crippen LogP contribution in [0.5, 0.6) is 11.5 Å². The maximum absolute atomic E-state index is 9.50. The first kappa shape index (κ1) is 13.2. The maximum atomic E-state index is 9.50. The van der Waals surface area contributed by atoms with Gasteiger partial charge in [-0.15, -0.1) is 0 Å². The highest BCUT2D eigenvalue weighted by Crippen LogP contribution is 2.32. The number of hydrogen-bond acceptors (Lipinski definition) is 4. The molecule has 0 atom stereocenters. The average molecular weight is 251 g/mol. The van der Waals surface area contributed by atoms with Gasteiger partial charge in [0.1, 0.15) is 0 Å². The summed E-state index contributed by atoms with van der Waals surface area (Å²) in [5.74, 6) is 1.61. The van der Waals surface area contributed by atoms with Crippen molar-refractivity contribution in [2.24, 2.45) is 0 Å². The minimum atomic E-state index is -0.184. The van der Waals surface area contributed by atoms with E-state index in [1.165, 1.54) is 0 Å². The molecule has 1 aromatic carbocycles.